The van der Waals surface area contributed by atoms with Gasteiger partial charge in [-0.25, -0.2) is 18.6 Å². The molecule has 1 aromatic heterocycles. The van der Waals surface area contributed by atoms with Gasteiger partial charge in [-0.2, -0.15) is 18.4 Å². The number of halogens is 5. The minimum Gasteiger partial charge on any atom is -0.464 e. The normalized spacial score (nSPS) is 11.3. The molecule has 1 heterocycles. The lowest BCUT2D eigenvalue weighted by Gasteiger charge is -2.13. The molecule has 4 nitrogen and oxygen atoms in total. The fourth-order valence-corrected chi connectivity index (χ4v) is 1.30. The number of nitrogens with zero attached hydrogens (tertiary/aromatic N) is 2. The number of carbonyl (C=O) groups excluding carboxylic acids is 1. The molecule has 0 bridgehead atoms. The monoisotopic (exact) mass is 280 g/mol. The van der Waals surface area contributed by atoms with E-state index in [9.17, 15) is 26.7 Å². The van der Waals surface area contributed by atoms with Crippen molar-refractivity contribution in [2.45, 2.75) is 12.6 Å². The zero-order valence-electron chi connectivity index (χ0n) is 9.26. The van der Waals surface area contributed by atoms with Crippen molar-refractivity contribution in [1.29, 1.82) is 5.26 Å². The molecule has 1 aromatic rings. The van der Waals surface area contributed by atoms with E-state index in [1.54, 1.807) is 0 Å². The Hall–Kier alpha value is -2.24. The molecule has 0 fully saturated rings. The lowest BCUT2D eigenvalue weighted by Crippen LogP contribution is -2.19. The number of methoxy groups -OCH3 is 1. The molecule has 0 radical (unpaired) electrons. The fourth-order valence-electron chi connectivity index (χ4n) is 1.30. The highest BCUT2D eigenvalue weighted by molar-refractivity contribution is 5.90. The Kier molecular flexibility index (Phi) is 4.04. The number of hydrogen-bond donors (Lipinski definition) is 0. The van der Waals surface area contributed by atoms with Crippen LogP contribution in [0, 0.1) is 11.3 Å². The number of nitriles is 1. The molecule has 0 N–H and O–H groups in total. The summed E-state index contributed by atoms with van der Waals surface area (Å²) in [6.07, 6.45) is -8.32. The highest BCUT2D eigenvalue weighted by atomic mass is 19.4. The predicted octanol–water partition coefficient (Wildman–Crippen LogP) is 2.70. The minimum atomic E-state index is -5.10. The maximum atomic E-state index is 12.7. The second kappa shape index (κ2) is 5.17. The summed E-state index contributed by atoms with van der Waals surface area (Å²) in [7, 11) is 0.769. The van der Waals surface area contributed by atoms with Crippen molar-refractivity contribution in [3.05, 3.63) is 28.6 Å². The van der Waals surface area contributed by atoms with Gasteiger partial charge in [-0.1, -0.05) is 0 Å². The van der Waals surface area contributed by atoms with Crippen molar-refractivity contribution in [3.63, 3.8) is 0 Å². The molecule has 102 valence electrons. The van der Waals surface area contributed by atoms with Crippen LogP contribution in [0.15, 0.2) is 6.07 Å². The summed E-state index contributed by atoms with van der Waals surface area (Å²) in [5.41, 5.74) is -5.27. The van der Waals surface area contributed by atoms with Crippen molar-refractivity contribution in [1.82, 2.24) is 4.98 Å². The topological polar surface area (TPSA) is 63.0 Å². The molecule has 0 amide bonds. The number of alkyl halides is 5. The molecule has 9 heteroatoms. The van der Waals surface area contributed by atoms with E-state index in [0.29, 0.717) is 6.07 Å². The number of aromatic nitrogens is 1. The standard InChI is InChI=1S/C10H5F5N2O2/c1-19-9(18)7-6(10(13,14)15)4(3-16)2-5(17-7)8(11)12/h2,8H,1H3. The average molecular weight is 280 g/mol. The summed E-state index contributed by atoms with van der Waals surface area (Å²) in [5, 5.41) is 8.59. The molecule has 0 spiro atoms. The maximum Gasteiger partial charge on any atom is 0.420 e. The highest BCUT2D eigenvalue weighted by Crippen LogP contribution is 2.35. The van der Waals surface area contributed by atoms with Crippen molar-refractivity contribution in [2.24, 2.45) is 0 Å². The summed E-state index contributed by atoms with van der Waals surface area (Å²) >= 11 is 0. The Morgan fingerprint density at radius 3 is 2.42 bits per heavy atom. The molecule has 0 aromatic carbocycles. The van der Waals surface area contributed by atoms with Crippen LogP contribution in [-0.4, -0.2) is 18.1 Å². The summed E-state index contributed by atoms with van der Waals surface area (Å²) < 4.78 is 67.2. The van der Waals surface area contributed by atoms with E-state index >= 15 is 0 Å². The summed E-state index contributed by atoms with van der Waals surface area (Å²) in [5.74, 6) is -1.55. The Bertz CT molecular complexity index is 548. The number of rotatable bonds is 2. The number of esters is 1. The maximum absolute atomic E-state index is 12.7. The van der Waals surface area contributed by atoms with Crippen LogP contribution in [0.4, 0.5) is 22.0 Å². The molecule has 0 saturated carbocycles. The molecule has 1 rings (SSSR count). The van der Waals surface area contributed by atoms with Gasteiger partial charge in [0.1, 0.15) is 11.3 Å². The molecule has 0 aliphatic rings. The molecule has 0 aliphatic carbocycles. The van der Waals surface area contributed by atoms with Gasteiger partial charge in [0.25, 0.3) is 6.43 Å². The van der Waals surface area contributed by atoms with Crippen LogP contribution >= 0.6 is 0 Å². The van der Waals surface area contributed by atoms with E-state index in [1.165, 1.54) is 0 Å². The van der Waals surface area contributed by atoms with E-state index in [-0.39, 0.29) is 0 Å². The molecular formula is C10H5F5N2O2. The van der Waals surface area contributed by atoms with Gasteiger partial charge in [-0.3, -0.25) is 0 Å². The van der Waals surface area contributed by atoms with Gasteiger partial charge in [0, 0.05) is 0 Å². The van der Waals surface area contributed by atoms with Crippen LogP contribution in [0.3, 0.4) is 0 Å². The summed E-state index contributed by atoms with van der Waals surface area (Å²) in [4.78, 5) is 14.1. The smallest absolute Gasteiger partial charge is 0.420 e. The highest BCUT2D eigenvalue weighted by Gasteiger charge is 2.40. The van der Waals surface area contributed by atoms with Gasteiger partial charge in [-0.05, 0) is 6.07 Å². The quantitative estimate of drug-likeness (QED) is 0.617. The van der Waals surface area contributed by atoms with E-state index < -0.39 is 41.1 Å². The third-order valence-electron chi connectivity index (χ3n) is 2.05. The zero-order valence-corrected chi connectivity index (χ0v) is 9.26. The van der Waals surface area contributed by atoms with Crippen LogP contribution in [0.25, 0.3) is 0 Å². The van der Waals surface area contributed by atoms with E-state index in [0.717, 1.165) is 13.2 Å². The molecular weight excluding hydrogens is 275 g/mol. The van der Waals surface area contributed by atoms with Gasteiger partial charge in [0.05, 0.1) is 18.7 Å². The predicted molar refractivity (Wildman–Crippen MR) is 50.3 cm³/mol. The van der Waals surface area contributed by atoms with Gasteiger partial charge < -0.3 is 4.74 Å². The first-order valence-electron chi connectivity index (χ1n) is 4.61. The third-order valence-corrected chi connectivity index (χ3v) is 2.05. The lowest BCUT2D eigenvalue weighted by molar-refractivity contribution is -0.138. The Morgan fingerprint density at radius 2 is 2.05 bits per heavy atom. The summed E-state index contributed by atoms with van der Waals surface area (Å²) in [6.45, 7) is 0. The number of ether oxygens (including phenoxy) is 1. The Morgan fingerprint density at radius 1 is 1.47 bits per heavy atom. The van der Waals surface area contributed by atoms with Crippen LogP contribution < -0.4 is 0 Å². The largest absolute Gasteiger partial charge is 0.464 e. The summed E-state index contributed by atoms with van der Waals surface area (Å²) in [6, 6.07) is 1.41. The van der Waals surface area contributed by atoms with Crippen LogP contribution in [0.5, 0.6) is 0 Å². The second-order valence-corrected chi connectivity index (χ2v) is 3.22. The van der Waals surface area contributed by atoms with Gasteiger partial charge >= 0.3 is 12.1 Å². The first-order valence-corrected chi connectivity index (χ1v) is 4.61. The van der Waals surface area contributed by atoms with Crippen LogP contribution in [0.2, 0.25) is 0 Å². The molecule has 0 unspecified atom stereocenters. The number of pyridine rings is 1. The van der Waals surface area contributed by atoms with Crippen LogP contribution in [0.1, 0.15) is 33.7 Å². The minimum absolute atomic E-state index is 0.292. The van der Waals surface area contributed by atoms with Crippen molar-refractivity contribution < 1.29 is 31.5 Å². The Balaban J connectivity index is 3.69. The van der Waals surface area contributed by atoms with Crippen molar-refractivity contribution in [2.75, 3.05) is 7.11 Å². The van der Waals surface area contributed by atoms with Gasteiger partial charge in [0.15, 0.2) is 5.69 Å². The third kappa shape index (κ3) is 2.96. The molecule has 0 atom stereocenters. The van der Waals surface area contributed by atoms with E-state index in [1.807, 2.05) is 0 Å². The van der Waals surface area contributed by atoms with Crippen LogP contribution in [-0.2, 0) is 10.9 Å². The first-order chi connectivity index (χ1) is 8.72. The molecule has 19 heavy (non-hydrogen) atoms. The van der Waals surface area contributed by atoms with E-state index in [2.05, 4.69) is 9.72 Å². The van der Waals surface area contributed by atoms with Gasteiger partial charge in [0.2, 0.25) is 0 Å². The van der Waals surface area contributed by atoms with Crippen molar-refractivity contribution in [3.8, 4) is 6.07 Å². The van der Waals surface area contributed by atoms with Crippen molar-refractivity contribution >= 4 is 5.97 Å². The van der Waals surface area contributed by atoms with Gasteiger partial charge in [-0.15, -0.1) is 0 Å². The van der Waals surface area contributed by atoms with E-state index in [4.69, 9.17) is 5.26 Å². The molecule has 0 aliphatic heterocycles. The average Bonchev–Trinajstić information content (AvgIpc) is 2.34. The molecule has 0 saturated heterocycles. The fraction of sp³-hybridized carbons (Fsp3) is 0.300. The number of hydrogen-bond acceptors (Lipinski definition) is 4. The lowest BCUT2D eigenvalue weighted by atomic mass is 10.1. The zero-order chi connectivity index (χ0) is 14.8. The Labute approximate surface area is 103 Å². The first kappa shape index (κ1) is 14.8. The number of carbonyl (C=O) groups is 1. The second-order valence-electron chi connectivity index (χ2n) is 3.22. The SMILES string of the molecule is COC(=O)c1nc(C(F)F)cc(C#N)c1C(F)(F)F.